The fraction of sp³-hybridized carbons (Fsp3) is 0.583. The molecule has 1 aromatic heterocycles. The molecule has 96 valence electrons. The van der Waals surface area contributed by atoms with Crippen molar-refractivity contribution < 1.29 is 4.79 Å². The number of likely N-dealkylation sites (N-methyl/N-ethyl adjacent to an activating group) is 1. The Morgan fingerprint density at radius 2 is 2.29 bits per heavy atom. The maximum atomic E-state index is 11.9. The van der Waals surface area contributed by atoms with E-state index in [4.69, 9.17) is 17.3 Å². The number of nitrogens with two attached hydrogens (primary N) is 1. The lowest BCUT2D eigenvalue weighted by molar-refractivity contribution is -0.131. The van der Waals surface area contributed by atoms with Gasteiger partial charge in [-0.15, -0.1) is 11.3 Å². The summed E-state index contributed by atoms with van der Waals surface area (Å²) in [6, 6.07) is 3.40. The van der Waals surface area contributed by atoms with Gasteiger partial charge in [0, 0.05) is 11.9 Å². The first-order valence-corrected chi connectivity index (χ1v) is 6.98. The molecule has 1 aromatic rings. The number of carbonyl (C=O) groups is 1. The SMILES string of the molecule is CCCC[C@H](N)C(=O)N(C)Cc1ccc(Cl)s1. The lowest BCUT2D eigenvalue weighted by atomic mass is 10.1. The zero-order valence-electron chi connectivity index (χ0n) is 10.3. The van der Waals surface area contributed by atoms with Crippen molar-refractivity contribution in [3.8, 4) is 0 Å². The van der Waals surface area contributed by atoms with Crippen LogP contribution in [0.4, 0.5) is 0 Å². The molecule has 5 heteroatoms. The predicted octanol–water partition coefficient (Wildman–Crippen LogP) is 2.88. The van der Waals surface area contributed by atoms with Gasteiger partial charge in [0.25, 0.3) is 0 Å². The quantitative estimate of drug-likeness (QED) is 0.867. The third-order valence-electron chi connectivity index (χ3n) is 2.58. The maximum absolute atomic E-state index is 11.9. The minimum absolute atomic E-state index is 0.00275. The van der Waals surface area contributed by atoms with E-state index >= 15 is 0 Å². The van der Waals surface area contributed by atoms with Crippen molar-refractivity contribution in [2.45, 2.75) is 38.8 Å². The van der Waals surface area contributed by atoms with Crippen LogP contribution in [0.2, 0.25) is 4.34 Å². The van der Waals surface area contributed by atoms with Crippen LogP contribution in [0.15, 0.2) is 12.1 Å². The average molecular weight is 275 g/mol. The molecule has 17 heavy (non-hydrogen) atoms. The van der Waals surface area contributed by atoms with E-state index < -0.39 is 0 Å². The molecule has 0 spiro atoms. The summed E-state index contributed by atoms with van der Waals surface area (Å²) >= 11 is 7.34. The van der Waals surface area contributed by atoms with Crippen LogP contribution < -0.4 is 5.73 Å². The summed E-state index contributed by atoms with van der Waals surface area (Å²) in [7, 11) is 1.78. The zero-order valence-corrected chi connectivity index (χ0v) is 11.9. The number of thiophene rings is 1. The largest absolute Gasteiger partial charge is 0.339 e. The molecule has 0 saturated heterocycles. The Kier molecular flexibility index (Phi) is 5.95. The molecule has 0 aromatic carbocycles. The van der Waals surface area contributed by atoms with Gasteiger partial charge in [0.2, 0.25) is 5.91 Å². The highest BCUT2D eigenvalue weighted by atomic mass is 35.5. The van der Waals surface area contributed by atoms with E-state index in [-0.39, 0.29) is 11.9 Å². The molecule has 0 aliphatic carbocycles. The summed E-state index contributed by atoms with van der Waals surface area (Å²) in [6.45, 7) is 2.67. The first-order valence-electron chi connectivity index (χ1n) is 5.79. The van der Waals surface area contributed by atoms with Crippen LogP contribution in [0.5, 0.6) is 0 Å². The number of carbonyl (C=O) groups excluding carboxylic acids is 1. The lowest BCUT2D eigenvalue weighted by Gasteiger charge is -2.20. The van der Waals surface area contributed by atoms with Crippen LogP contribution in [-0.4, -0.2) is 23.9 Å². The van der Waals surface area contributed by atoms with Crippen molar-refractivity contribution in [1.82, 2.24) is 4.90 Å². The van der Waals surface area contributed by atoms with Crippen LogP contribution in [0, 0.1) is 0 Å². The Morgan fingerprint density at radius 1 is 1.59 bits per heavy atom. The van der Waals surface area contributed by atoms with E-state index in [9.17, 15) is 4.79 Å². The Labute approximate surface area is 112 Å². The summed E-state index contributed by atoms with van der Waals surface area (Å²) in [5.74, 6) is 0.00275. The molecule has 0 saturated carbocycles. The van der Waals surface area contributed by atoms with Gasteiger partial charge in [-0.2, -0.15) is 0 Å². The molecule has 0 bridgehead atoms. The fourth-order valence-electron chi connectivity index (χ4n) is 1.58. The number of unbranched alkanes of at least 4 members (excludes halogenated alkanes) is 1. The van der Waals surface area contributed by atoms with Gasteiger partial charge in [0.05, 0.1) is 16.9 Å². The van der Waals surface area contributed by atoms with E-state index in [1.165, 1.54) is 11.3 Å². The number of nitrogens with zero attached hydrogens (tertiary/aromatic N) is 1. The number of amides is 1. The van der Waals surface area contributed by atoms with Gasteiger partial charge in [0.15, 0.2) is 0 Å². The fourth-order valence-corrected chi connectivity index (χ4v) is 2.72. The summed E-state index contributed by atoms with van der Waals surface area (Å²) in [4.78, 5) is 14.7. The first-order chi connectivity index (χ1) is 8.04. The first kappa shape index (κ1) is 14.5. The van der Waals surface area contributed by atoms with Crippen molar-refractivity contribution in [3.63, 3.8) is 0 Å². The summed E-state index contributed by atoms with van der Waals surface area (Å²) in [5, 5.41) is 0. The van der Waals surface area contributed by atoms with Crippen LogP contribution in [-0.2, 0) is 11.3 Å². The van der Waals surface area contributed by atoms with E-state index in [2.05, 4.69) is 6.92 Å². The molecule has 1 rings (SSSR count). The van der Waals surface area contributed by atoms with Gasteiger partial charge in [-0.3, -0.25) is 4.79 Å². The van der Waals surface area contributed by atoms with E-state index in [1.807, 2.05) is 12.1 Å². The molecule has 0 aliphatic heterocycles. The molecule has 0 aliphatic rings. The molecule has 0 fully saturated rings. The summed E-state index contributed by atoms with van der Waals surface area (Å²) < 4.78 is 0.746. The van der Waals surface area contributed by atoms with E-state index in [0.29, 0.717) is 6.54 Å². The molecule has 2 N–H and O–H groups in total. The second kappa shape index (κ2) is 6.99. The second-order valence-electron chi connectivity index (χ2n) is 4.15. The number of rotatable bonds is 6. The normalized spacial score (nSPS) is 12.5. The topological polar surface area (TPSA) is 46.3 Å². The Balaban J connectivity index is 2.46. The standard InChI is InChI=1S/C12H19ClN2OS/c1-3-4-5-10(14)12(16)15(2)8-9-6-7-11(13)17-9/h6-7,10H,3-5,8,14H2,1-2H3/t10-/m0/s1. The second-order valence-corrected chi connectivity index (χ2v) is 5.95. The summed E-state index contributed by atoms with van der Waals surface area (Å²) in [6.07, 6.45) is 2.81. The molecule has 1 atom stereocenters. The van der Waals surface area contributed by atoms with Crippen molar-refractivity contribution >= 4 is 28.8 Å². The van der Waals surface area contributed by atoms with Crippen molar-refractivity contribution in [3.05, 3.63) is 21.3 Å². The van der Waals surface area contributed by atoms with Gasteiger partial charge in [-0.1, -0.05) is 31.4 Å². The molecule has 3 nitrogen and oxygen atoms in total. The number of hydrogen-bond donors (Lipinski definition) is 1. The zero-order chi connectivity index (χ0) is 12.8. The van der Waals surface area contributed by atoms with Crippen molar-refractivity contribution in [2.75, 3.05) is 7.05 Å². The van der Waals surface area contributed by atoms with Gasteiger partial charge in [-0.25, -0.2) is 0 Å². The maximum Gasteiger partial charge on any atom is 0.239 e. The molecule has 1 heterocycles. The molecule has 1 amide bonds. The monoisotopic (exact) mass is 274 g/mol. The molecular weight excluding hydrogens is 256 g/mol. The average Bonchev–Trinajstić information content (AvgIpc) is 2.70. The van der Waals surface area contributed by atoms with Crippen LogP contribution in [0.25, 0.3) is 0 Å². The van der Waals surface area contributed by atoms with E-state index in [1.54, 1.807) is 11.9 Å². The minimum atomic E-state index is -0.379. The summed E-state index contributed by atoms with van der Waals surface area (Å²) in [5.41, 5.74) is 5.85. The minimum Gasteiger partial charge on any atom is -0.339 e. The molecular formula is C12H19ClN2OS. The van der Waals surface area contributed by atoms with Gasteiger partial charge in [0.1, 0.15) is 0 Å². The Hall–Kier alpha value is -0.580. The Bertz CT molecular complexity index is 367. The Morgan fingerprint density at radius 3 is 2.82 bits per heavy atom. The smallest absolute Gasteiger partial charge is 0.239 e. The third kappa shape index (κ3) is 4.66. The van der Waals surface area contributed by atoms with Crippen LogP contribution in [0.3, 0.4) is 0 Å². The number of halogens is 1. The highest BCUT2D eigenvalue weighted by Crippen LogP contribution is 2.22. The third-order valence-corrected chi connectivity index (χ3v) is 3.80. The molecule has 0 unspecified atom stereocenters. The van der Waals surface area contributed by atoms with Crippen LogP contribution >= 0.6 is 22.9 Å². The van der Waals surface area contributed by atoms with Crippen molar-refractivity contribution in [1.29, 1.82) is 0 Å². The highest BCUT2D eigenvalue weighted by molar-refractivity contribution is 7.16. The predicted molar refractivity (Wildman–Crippen MR) is 73.3 cm³/mol. The van der Waals surface area contributed by atoms with Crippen LogP contribution in [0.1, 0.15) is 31.1 Å². The van der Waals surface area contributed by atoms with Crippen molar-refractivity contribution in [2.24, 2.45) is 5.73 Å². The lowest BCUT2D eigenvalue weighted by Crippen LogP contribution is -2.41. The van der Waals surface area contributed by atoms with Gasteiger partial charge in [-0.05, 0) is 18.6 Å². The highest BCUT2D eigenvalue weighted by Gasteiger charge is 2.17. The molecule has 0 radical (unpaired) electrons. The van der Waals surface area contributed by atoms with Gasteiger partial charge < -0.3 is 10.6 Å². The van der Waals surface area contributed by atoms with Gasteiger partial charge >= 0.3 is 0 Å². The van der Waals surface area contributed by atoms with E-state index in [0.717, 1.165) is 28.5 Å². The number of hydrogen-bond acceptors (Lipinski definition) is 3.